The molecule has 8 heteroatoms. The van der Waals surface area contributed by atoms with E-state index in [0.717, 1.165) is 12.0 Å². The van der Waals surface area contributed by atoms with Crippen molar-refractivity contribution < 1.29 is 13.2 Å². The quantitative estimate of drug-likeness (QED) is 0.691. The van der Waals surface area contributed by atoms with Gasteiger partial charge >= 0.3 is 0 Å². The number of amides is 1. The van der Waals surface area contributed by atoms with Crippen LogP contribution in [0.5, 0.6) is 0 Å². The summed E-state index contributed by atoms with van der Waals surface area (Å²) >= 11 is 0. The van der Waals surface area contributed by atoms with Gasteiger partial charge in [0.25, 0.3) is 0 Å². The van der Waals surface area contributed by atoms with Crippen molar-refractivity contribution in [3.05, 3.63) is 29.8 Å². The lowest BCUT2D eigenvalue weighted by molar-refractivity contribution is -0.123. The minimum absolute atomic E-state index is 0. The molecule has 2 atom stereocenters. The fraction of sp³-hybridized carbons (Fsp3) is 0.500. The standard InChI is InChI=1S/C14H23N3O3S.ClH/c1-4-5-13(15)14(18)17-10(2)11-6-8-12(9-7-11)21(19,20)16-3;/h6-10,13,16H,4-5,15H2,1-3H3,(H,17,18);1H. The predicted octanol–water partition coefficient (Wildman–Crippen LogP) is 1.32. The van der Waals surface area contributed by atoms with Crippen molar-refractivity contribution in [2.45, 2.75) is 43.7 Å². The molecular weight excluding hydrogens is 326 g/mol. The van der Waals surface area contributed by atoms with E-state index in [2.05, 4.69) is 10.0 Å². The Labute approximate surface area is 138 Å². The average Bonchev–Trinajstić information content (AvgIpc) is 2.47. The molecule has 0 bridgehead atoms. The fourth-order valence-electron chi connectivity index (χ4n) is 1.90. The summed E-state index contributed by atoms with van der Waals surface area (Å²) in [4.78, 5) is 12.0. The maximum absolute atomic E-state index is 11.8. The number of nitrogens with two attached hydrogens (primary N) is 1. The molecule has 0 saturated heterocycles. The summed E-state index contributed by atoms with van der Waals surface area (Å²) in [6.07, 6.45) is 1.48. The van der Waals surface area contributed by atoms with Crippen molar-refractivity contribution in [1.29, 1.82) is 0 Å². The van der Waals surface area contributed by atoms with Crippen molar-refractivity contribution >= 4 is 28.3 Å². The summed E-state index contributed by atoms with van der Waals surface area (Å²) in [5, 5.41) is 2.82. The van der Waals surface area contributed by atoms with Crippen LogP contribution < -0.4 is 15.8 Å². The highest BCUT2D eigenvalue weighted by atomic mass is 35.5. The highest BCUT2D eigenvalue weighted by molar-refractivity contribution is 7.89. The number of hydrogen-bond donors (Lipinski definition) is 3. The van der Waals surface area contributed by atoms with Crippen LogP contribution in [-0.2, 0) is 14.8 Å². The van der Waals surface area contributed by atoms with Gasteiger partial charge in [0.15, 0.2) is 0 Å². The Morgan fingerprint density at radius 3 is 2.27 bits per heavy atom. The van der Waals surface area contributed by atoms with Crippen LogP contribution in [0.15, 0.2) is 29.2 Å². The molecule has 1 aromatic rings. The Kier molecular flexibility index (Phi) is 8.62. The van der Waals surface area contributed by atoms with Gasteiger partial charge < -0.3 is 11.1 Å². The molecule has 22 heavy (non-hydrogen) atoms. The van der Waals surface area contributed by atoms with Gasteiger partial charge in [0, 0.05) is 0 Å². The Hall–Kier alpha value is -1.15. The number of carbonyl (C=O) groups is 1. The molecule has 0 aliphatic carbocycles. The molecule has 0 aliphatic heterocycles. The van der Waals surface area contributed by atoms with E-state index in [-0.39, 0.29) is 29.3 Å². The third-order valence-electron chi connectivity index (χ3n) is 3.25. The molecule has 0 heterocycles. The van der Waals surface area contributed by atoms with Crippen LogP contribution in [0.1, 0.15) is 38.3 Å². The van der Waals surface area contributed by atoms with Crippen LogP contribution in [0.4, 0.5) is 0 Å². The minimum Gasteiger partial charge on any atom is -0.348 e. The first-order chi connectivity index (χ1) is 9.81. The van der Waals surface area contributed by atoms with E-state index < -0.39 is 16.1 Å². The van der Waals surface area contributed by atoms with Crippen molar-refractivity contribution in [2.24, 2.45) is 5.73 Å². The topological polar surface area (TPSA) is 101 Å². The van der Waals surface area contributed by atoms with Gasteiger partial charge in [-0.25, -0.2) is 13.1 Å². The monoisotopic (exact) mass is 349 g/mol. The number of sulfonamides is 1. The molecular formula is C14H24ClN3O3S. The van der Waals surface area contributed by atoms with Gasteiger partial charge in [-0.15, -0.1) is 12.4 Å². The third-order valence-corrected chi connectivity index (χ3v) is 4.68. The van der Waals surface area contributed by atoms with Crippen molar-refractivity contribution in [1.82, 2.24) is 10.0 Å². The summed E-state index contributed by atoms with van der Waals surface area (Å²) in [5.41, 5.74) is 6.58. The summed E-state index contributed by atoms with van der Waals surface area (Å²) < 4.78 is 25.5. The van der Waals surface area contributed by atoms with Gasteiger partial charge in [0.05, 0.1) is 17.0 Å². The number of rotatable bonds is 7. The molecule has 0 aromatic heterocycles. The average molecular weight is 350 g/mol. The second-order valence-electron chi connectivity index (χ2n) is 4.90. The van der Waals surface area contributed by atoms with Gasteiger partial charge in [-0.05, 0) is 38.1 Å². The number of hydrogen-bond acceptors (Lipinski definition) is 4. The summed E-state index contributed by atoms with van der Waals surface area (Å²) in [6, 6.07) is 5.64. The summed E-state index contributed by atoms with van der Waals surface area (Å²) in [7, 11) is -2.08. The van der Waals surface area contributed by atoms with E-state index in [1.165, 1.54) is 19.2 Å². The predicted molar refractivity (Wildman–Crippen MR) is 89.4 cm³/mol. The molecule has 126 valence electrons. The van der Waals surface area contributed by atoms with Gasteiger partial charge in [-0.1, -0.05) is 25.5 Å². The van der Waals surface area contributed by atoms with Crippen LogP contribution in [0.25, 0.3) is 0 Å². The first-order valence-corrected chi connectivity index (χ1v) is 8.39. The normalized spacial score (nSPS) is 13.8. The first-order valence-electron chi connectivity index (χ1n) is 6.91. The van der Waals surface area contributed by atoms with Crippen LogP contribution in [0.2, 0.25) is 0 Å². The molecule has 1 aromatic carbocycles. The lowest BCUT2D eigenvalue weighted by atomic mass is 10.1. The zero-order chi connectivity index (χ0) is 16.0. The van der Waals surface area contributed by atoms with Crippen LogP contribution in [-0.4, -0.2) is 27.4 Å². The summed E-state index contributed by atoms with van der Waals surface area (Å²) in [6.45, 7) is 3.80. The van der Waals surface area contributed by atoms with Gasteiger partial charge in [-0.3, -0.25) is 4.79 Å². The smallest absolute Gasteiger partial charge is 0.240 e. The van der Waals surface area contributed by atoms with E-state index in [4.69, 9.17) is 5.73 Å². The first kappa shape index (κ1) is 20.9. The van der Waals surface area contributed by atoms with Crippen LogP contribution in [0.3, 0.4) is 0 Å². The molecule has 1 amide bonds. The molecule has 0 spiro atoms. The van der Waals surface area contributed by atoms with E-state index in [1.54, 1.807) is 12.1 Å². The number of carbonyl (C=O) groups excluding carboxylic acids is 1. The molecule has 2 unspecified atom stereocenters. The van der Waals surface area contributed by atoms with E-state index >= 15 is 0 Å². The Balaban J connectivity index is 0.00000441. The van der Waals surface area contributed by atoms with Gasteiger partial charge in [-0.2, -0.15) is 0 Å². The maximum Gasteiger partial charge on any atom is 0.240 e. The molecule has 0 saturated carbocycles. The minimum atomic E-state index is -3.44. The fourth-order valence-corrected chi connectivity index (χ4v) is 2.63. The van der Waals surface area contributed by atoms with Crippen LogP contribution in [0, 0.1) is 0 Å². The maximum atomic E-state index is 11.8. The molecule has 4 N–H and O–H groups in total. The lowest BCUT2D eigenvalue weighted by Gasteiger charge is -2.18. The summed E-state index contributed by atoms with van der Waals surface area (Å²) in [5.74, 6) is -0.198. The number of halogens is 1. The molecule has 1 rings (SSSR count). The zero-order valence-electron chi connectivity index (χ0n) is 13.0. The van der Waals surface area contributed by atoms with Gasteiger partial charge in [0.1, 0.15) is 0 Å². The number of nitrogens with one attached hydrogen (secondary N) is 2. The molecule has 0 aliphatic rings. The Bertz CT molecular complexity index is 576. The molecule has 0 fully saturated rings. The Morgan fingerprint density at radius 2 is 1.82 bits per heavy atom. The van der Waals surface area contributed by atoms with Crippen molar-refractivity contribution in [2.75, 3.05) is 7.05 Å². The highest BCUT2D eigenvalue weighted by Gasteiger charge is 2.17. The second-order valence-corrected chi connectivity index (χ2v) is 6.79. The second kappa shape index (κ2) is 9.09. The Morgan fingerprint density at radius 1 is 1.27 bits per heavy atom. The van der Waals surface area contributed by atoms with E-state index in [0.29, 0.717) is 6.42 Å². The van der Waals surface area contributed by atoms with Gasteiger partial charge in [0.2, 0.25) is 15.9 Å². The highest BCUT2D eigenvalue weighted by Crippen LogP contribution is 2.16. The van der Waals surface area contributed by atoms with Crippen LogP contribution >= 0.6 is 12.4 Å². The van der Waals surface area contributed by atoms with E-state index in [1.807, 2.05) is 13.8 Å². The third kappa shape index (κ3) is 5.57. The van der Waals surface area contributed by atoms with Crippen molar-refractivity contribution in [3.8, 4) is 0 Å². The van der Waals surface area contributed by atoms with E-state index in [9.17, 15) is 13.2 Å². The molecule has 0 radical (unpaired) electrons. The molecule has 6 nitrogen and oxygen atoms in total. The zero-order valence-corrected chi connectivity index (χ0v) is 14.6. The SMILES string of the molecule is CCCC(N)C(=O)NC(C)c1ccc(S(=O)(=O)NC)cc1.Cl. The van der Waals surface area contributed by atoms with Crippen molar-refractivity contribution in [3.63, 3.8) is 0 Å². The largest absolute Gasteiger partial charge is 0.348 e. The number of benzene rings is 1. The lowest BCUT2D eigenvalue weighted by Crippen LogP contribution is -2.41.